The zero-order valence-electron chi connectivity index (χ0n) is 15.6. The number of aromatic nitrogens is 2. The average molecular weight is 411 g/mol. The van der Waals surface area contributed by atoms with Crippen molar-refractivity contribution >= 4 is 34.3 Å². The van der Waals surface area contributed by atoms with Gasteiger partial charge in [0.25, 0.3) is 0 Å². The van der Waals surface area contributed by atoms with Crippen LogP contribution >= 0.6 is 11.8 Å². The van der Waals surface area contributed by atoms with Crippen LogP contribution in [0.25, 0.3) is 16.6 Å². The molecule has 1 heterocycles. The predicted octanol–water partition coefficient (Wildman–Crippen LogP) is 4.61. The lowest BCUT2D eigenvalue weighted by Crippen LogP contribution is -2.18. The minimum absolute atomic E-state index is 0.0813. The van der Waals surface area contributed by atoms with Crippen LogP contribution in [0.2, 0.25) is 0 Å². The van der Waals surface area contributed by atoms with Crippen LogP contribution in [0.15, 0.2) is 59.2 Å². The molecule has 0 aliphatic carbocycles. The molecule has 0 spiro atoms. The number of hydrogen-bond acceptors (Lipinski definition) is 6. The van der Waals surface area contributed by atoms with E-state index in [1.807, 2.05) is 18.2 Å². The minimum atomic E-state index is -0.999. The molecule has 0 saturated heterocycles. The van der Waals surface area contributed by atoms with Gasteiger partial charge >= 0.3 is 5.97 Å². The summed E-state index contributed by atoms with van der Waals surface area (Å²) in [6.07, 6.45) is -0.896. The number of allylic oxidation sites excluding steroid dienone is 1. The molecule has 0 unspecified atom stereocenters. The number of benzene rings is 2. The summed E-state index contributed by atoms with van der Waals surface area (Å²) in [6.45, 7) is 1.49. The lowest BCUT2D eigenvalue weighted by molar-refractivity contribution is -0.147. The molecule has 3 rings (SSSR count). The molecule has 29 heavy (non-hydrogen) atoms. The third kappa shape index (κ3) is 5.15. The number of esters is 1. The Bertz CT molecular complexity index is 1050. The maximum absolute atomic E-state index is 12.9. The number of imidazole rings is 1. The first-order chi connectivity index (χ1) is 14.0. The molecule has 148 valence electrons. The molecule has 0 bridgehead atoms. The largest absolute Gasteiger partial charge is 0.507 e. The van der Waals surface area contributed by atoms with Crippen LogP contribution in [-0.2, 0) is 9.53 Å². The number of nitriles is 1. The zero-order chi connectivity index (χ0) is 20.8. The number of fused-ring (bicyclic) bond motifs is 1. The lowest BCUT2D eigenvalue weighted by atomic mass is 10.2. The molecule has 2 aromatic carbocycles. The van der Waals surface area contributed by atoms with Gasteiger partial charge in [-0.1, -0.05) is 12.1 Å². The maximum Gasteiger partial charge on any atom is 0.307 e. The summed E-state index contributed by atoms with van der Waals surface area (Å²) >= 11 is 1.39. The van der Waals surface area contributed by atoms with Gasteiger partial charge in [-0.25, -0.2) is 9.37 Å². The van der Waals surface area contributed by atoms with Crippen molar-refractivity contribution in [2.75, 3.05) is 5.75 Å². The van der Waals surface area contributed by atoms with E-state index in [4.69, 9.17) is 4.74 Å². The van der Waals surface area contributed by atoms with E-state index >= 15 is 0 Å². The molecular formula is C21H18FN3O3S. The topological polar surface area (TPSA) is 99.0 Å². The average Bonchev–Trinajstić information content (AvgIpc) is 3.13. The lowest BCUT2D eigenvalue weighted by Gasteiger charge is -2.13. The number of halogens is 1. The highest BCUT2D eigenvalue weighted by Crippen LogP contribution is 2.22. The Labute approximate surface area is 171 Å². The molecule has 0 saturated carbocycles. The van der Waals surface area contributed by atoms with Crippen molar-refractivity contribution in [3.8, 4) is 6.07 Å². The van der Waals surface area contributed by atoms with E-state index in [0.717, 1.165) is 10.4 Å². The number of nitrogens with one attached hydrogen (secondary N) is 1. The number of aliphatic hydroxyl groups is 1. The Morgan fingerprint density at radius 3 is 2.72 bits per heavy atom. The van der Waals surface area contributed by atoms with Gasteiger partial charge in [-0.3, -0.25) is 4.79 Å². The monoisotopic (exact) mass is 411 g/mol. The molecule has 0 amide bonds. The van der Waals surface area contributed by atoms with Gasteiger partial charge in [0, 0.05) is 10.6 Å². The molecule has 1 atom stereocenters. The fourth-order valence-corrected chi connectivity index (χ4v) is 3.43. The number of hydrogen-bond donors (Lipinski definition) is 2. The number of thioether (sulfide) groups is 1. The van der Waals surface area contributed by atoms with Gasteiger partial charge in [0.15, 0.2) is 17.7 Å². The van der Waals surface area contributed by atoms with Crippen molar-refractivity contribution in [2.45, 2.75) is 24.3 Å². The Kier molecular flexibility index (Phi) is 6.52. The summed E-state index contributed by atoms with van der Waals surface area (Å²) in [6, 6.07) is 15.1. The number of carbonyl (C=O) groups excluding carboxylic acids is 1. The van der Waals surface area contributed by atoms with Crippen LogP contribution in [0.5, 0.6) is 0 Å². The van der Waals surface area contributed by atoms with Gasteiger partial charge in [-0.2, -0.15) is 5.26 Å². The zero-order valence-corrected chi connectivity index (χ0v) is 16.4. The van der Waals surface area contributed by atoms with Crippen molar-refractivity contribution in [3.05, 3.63) is 65.9 Å². The van der Waals surface area contributed by atoms with Crippen LogP contribution in [0.1, 0.15) is 19.2 Å². The van der Waals surface area contributed by atoms with Crippen molar-refractivity contribution in [1.82, 2.24) is 9.97 Å². The van der Waals surface area contributed by atoms with Gasteiger partial charge in [-0.05, 0) is 43.3 Å². The fraction of sp³-hybridized carbons (Fsp3) is 0.190. The van der Waals surface area contributed by atoms with Crippen LogP contribution in [0.4, 0.5) is 4.39 Å². The molecule has 2 N–H and O–H groups in total. The maximum atomic E-state index is 12.9. The van der Waals surface area contributed by atoms with E-state index in [9.17, 15) is 19.6 Å². The van der Waals surface area contributed by atoms with E-state index < -0.39 is 12.1 Å². The second kappa shape index (κ2) is 9.26. The van der Waals surface area contributed by atoms with Crippen molar-refractivity contribution in [2.24, 2.45) is 0 Å². The molecule has 8 heteroatoms. The summed E-state index contributed by atoms with van der Waals surface area (Å²) in [5, 5.41) is 19.9. The first-order valence-corrected chi connectivity index (χ1v) is 9.82. The molecule has 3 aromatic rings. The van der Waals surface area contributed by atoms with Gasteiger partial charge < -0.3 is 14.8 Å². The molecule has 0 radical (unpaired) electrons. The first kappa shape index (κ1) is 20.4. The Balaban J connectivity index is 1.61. The van der Waals surface area contributed by atoms with E-state index in [-0.39, 0.29) is 29.4 Å². The molecule has 0 fully saturated rings. The van der Waals surface area contributed by atoms with Crippen LogP contribution in [-0.4, -0.2) is 32.9 Å². The van der Waals surface area contributed by atoms with Gasteiger partial charge in [0.1, 0.15) is 17.5 Å². The number of H-pyrrole nitrogens is 1. The highest BCUT2D eigenvalue weighted by atomic mass is 32.2. The van der Waals surface area contributed by atoms with E-state index in [2.05, 4.69) is 9.97 Å². The normalized spacial score (nSPS) is 12.9. The summed E-state index contributed by atoms with van der Waals surface area (Å²) < 4.78 is 18.1. The number of para-hydroxylation sites is 2. The van der Waals surface area contributed by atoms with Gasteiger partial charge in [0.05, 0.1) is 17.5 Å². The van der Waals surface area contributed by atoms with E-state index in [1.165, 1.54) is 30.8 Å². The molecule has 1 aromatic heterocycles. The molecule has 0 aliphatic heterocycles. The van der Waals surface area contributed by atoms with Gasteiger partial charge in [0.2, 0.25) is 0 Å². The van der Waals surface area contributed by atoms with E-state index in [1.54, 1.807) is 24.3 Å². The third-order valence-corrected chi connectivity index (χ3v) is 5.09. The van der Waals surface area contributed by atoms with Crippen LogP contribution < -0.4 is 0 Å². The van der Waals surface area contributed by atoms with Crippen molar-refractivity contribution in [1.29, 1.82) is 5.26 Å². The second-order valence-electron chi connectivity index (χ2n) is 6.16. The predicted molar refractivity (Wildman–Crippen MR) is 109 cm³/mol. The summed E-state index contributed by atoms with van der Waals surface area (Å²) in [7, 11) is 0. The van der Waals surface area contributed by atoms with E-state index in [0.29, 0.717) is 11.3 Å². The number of aromatic amines is 1. The Hall–Kier alpha value is -3.31. The van der Waals surface area contributed by atoms with Gasteiger partial charge in [-0.15, -0.1) is 11.8 Å². The number of nitrogens with zero attached hydrogens (tertiary/aromatic N) is 2. The number of rotatable bonds is 7. The van der Waals surface area contributed by atoms with Crippen molar-refractivity contribution in [3.63, 3.8) is 0 Å². The summed E-state index contributed by atoms with van der Waals surface area (Å²) in [5.41, 5.74) is 1.30. The molecular weight excluding hydrogens is 393 g/mol. The van der Waals surface area contributed by atoms with Crippen LogP contribution in [0.3, 0.4) is 0 Å². The summed E-state index contributed by atoms with van der Waals surface area (Å²) in [5.74, 6) is -0.550. The van der Waals surface area contributed by atoms with Crippen LogP contribution in [0, 0.1) is 17.1 Å². The summed E-state index contributed by atoms with van der Waals surface area (Å²) in [4.78, 5) is 20.2. The standard InChI is InChI=1S/C21H18FN3O3S/c1-13(28-19(26)10-11-29-15-8-6-14(22)7-9-15)20(27)16(12-23)21-24-17-4-2-3-5-18(17)25-21/h2-9,13,27H,10-11H2,1H3,(H,24,25)/b20-16-/t13-/m1/s1. The quantitative estimate of drug-likeness (QED) is 0.255. The second-order valence-corrected chi connectivity index (χ2v) is 7.33. The fourth-order valence-electron chi connectivity index (χ4n) is 2.60. The SMILES string of the molecule is C[C@@H](OC(=O)CCSc1ccc(F)cc1)/C(O)=C(\C#N)c1nc2ccccc2[nH]1. The number of carbonyl (C=O) groups is 1. The Morgan fingerprint density at radius 2 is 2.03 bits per heavy atom. The molecule has 6 nitrogen and oxygen atoms in total. The highest BCUT2D eigenvalue weighted by Gasteiger charge is 2.21. The highest BCUT2D eigenvalue weighted by molar-refractivity contribution is 7.99. The number of ether oxygens (including phenoxy) is 1. The number of aliphatic hydroxyl groups excluding tert-OH is 1. The molecule has 0 aliphatic rings. The smallest absolute Gasteiger partial charge is 0.307 e. The first-order valence-electron chi connectivity index (χ1n) is 8.84. The third-order valence-electron chi connectivity index (χ3n) is 4.08. The van der Waals surface area contributed by atoms with Crippen molar-refractivity contribution < 1.29 is 19.0 Å². The minimum Gasteiger partial charge on any atom is -0.507 e. The Morgan fingerprint density at radius 1 is 1.31 bits per heavy atom.